The number of carbonyl (C=O) groups excluding carboxylic acids is 2. The number of hydrogen-bond acceptors (Lipinski definition) is 5. The molecule has 5 nitrogen and oxygen atoms in total. The van der Waals surface area contributed by atoms with Crippen LogP contribution in [0, 0.1) is 0 Å². The summed E-state index contributed by atoms with van der Waals surface area (Å²) in [6.45, 7) is 0. The van der Waals surface area contributed by atoms with Crippen LogP contribution in [0.15, 0.2) is 48.5 Å². The van der Waals surface area contributed by atoms with Gasteiger partial charge in [-0.15, -0.1) is 0 Å². The van der Waals surface area contributed by atoms with Crippen molar-refractivity contribution in [3.63, 3.8) is 0 Å². The Morgan fingerprint density at radius 2 is 1.74 bits per heavy atom. The SMILES string of the molecule is COC(=O)c1ccc(OC(=O)/C=C/c2cccc(C(F)(F)F)c2)c(OC)c1. The highest BCUT2D eigenvalue weighted by Gasteiger charge is 2.30. The molecule has 0 radical (unpaired) electrons. The van der Waals surface area contributed by atoms with Crippen molar-refractivity contribution in [1.82, 2.24) is 0 Å². The highest BCUT2D eigenvalue weighted by molar-refractivity contribution is 5.91. The summed E-state index contributed by atoms with van der Waals surface area (Å²) < 4.78 is 52.8. The Bertz CT molecular complexity index is 872. The van der Waals surface area contributed by atoms with E-state index in [2.05, 4.69) is 4.74 Å². The Labute approximate surface area is 153 Å². The molecule has 2 aromatic carbocycles. The van der Waals surface area contributed by atoms with Crippen LogP contribution in [-0.2, 0) is 15.7 Å². The van der Waals surface area contributed by atoms with E-state index in [9.17, 15) is 22.8 Å². The largest absolute Gasteiger partial charge is 0.493 e. The highest BCUT2D eigenvalue weighted by Crippen LogP contribution is 2.30. The summed E-state index contributed by atoms with van der Waals surface area (Å²) in [5.41, 5.74) is -0.429. The quantitative estimate of drug-likeness (QED) is 0.444. The van der Waals surface area contributed by atoms with Crippen molar-refractivity contribution in [3.05, 3.63) is 65.2 Å². The average molecular weight is 380 g/mol. The maximum atomic E-state index is 12.7. The zero-order valence-corrected chi connectivity index (χ0v) is 14.4. The number of benzene rings is 2. The molecule has 0 aliphatic heterocycles. The van der Waals surface area contributed by atoms with Gasteiger partial charge in [-0.1, -0.05) is 12.1 Å². The topological polar surface area (TPSA) is 61.8 Å². The van der Waals surface area contributed by atoms with E-state index in [1.54, 1.807) is 0 Å². The Kier molecular flexibility index (Phi) is 6.23. The van der Waals surface area contributed by atoms with Crippen molar-refractivity contribution in [3.8, 4) is 11.5 Å². The Morgan fingerprint density at radius 3 is 2.37 bits per heavy atom. The second-order valence-electron chi connectivity index (χ2n) is 5.23. The zero-order valence-electron chi connectivity index (χ0n) is 14.4. The fourth-order valence-corrected chi connectivity index (χ4v) is 2.12. The first-order valence-corrected chi connectivity index (χ1v) is 7.58. The van der Waals surface area contributed by atoms with Crippen LogP contribution < -0.4 is 9.47 Å². The minimum atomic E-state index is -4.47. The summed E-state index contributed by atoms with van der Waals surface area (Å²) >= 11 is 0. The average Bonchev–Trinajstić information content (AvgIpc) is 2.65. The van der Waals surface area contributed by atoms with Crippen molar-refractivity contribution in [2.45, 2.75) is 6.18 Å². The van der Waals surface area contributed by atoms with E-state index in [0.717, 1.165) is 18.2 Å². The molecule has 27 heavy (non-hydrogen) atoms. The molecule has 2 rings (SSSR count). The second-order valence-corrected chi connectivity index (χ2v) is 5.23. The molecule has 0 atom stereocenters. The maximum absolute atomic E-state index is 12.7. The van der Waals surface area contributed by atoms with Gasteiger partial charge in [-0.25, -0.2) is 9.59 Å². The predicted octanol–water partition coefficient (Wildman–Crippen LogP) is 4.12. The number of carbonyl (C=O) groups is 2. The van der Waals surface area contributed by atoms with Gasteiger partial charge < -0.3 is 14.2 Å². The van der Waals surface area contributed by atoms with Gasteiger partial charge in [0.25, 0.3) is 0 Å². The summed E-state index contributed by atoms with van der Waals surface area (Å²) in [4.78, 5) is 23.4. The van der Waals surface area contributed by atoms with Crippen molar-refractivity contribution in [1.29, 1.82) is 0 Å². The fourth-order valence-electron chi connectivity index (χ4n) is 2.12. The summed E-state index contributed by atoms with van der Waals surface area (Å²) in [5, 5.41) is 0. The first-order valence-electron chi connectivity index (χ1n) is 7.58. The molecule has 0 aliphatic rings. The van der Waals surface area contributed by atoms with Crippen molar-refractivity contribution < 1.29 is 37.0 Å². The Morgan fingerprint density at radius 1 is 1.00 bits per heavy atom. The lowest BCUT2D eigenvalue weighted by Crippen LogP contribution is -2.07. The fraction of sp³-hybridized carbons (Fsp3) is 0.158. The summed E-state index contributed by atoms with van der Waals surface area (Å²) in [6.07, 6.45) is -2.28. The van der Waals surface area contributed by atoms with Crippen LogP contribution in [0.25, 0.3) is 6.08 Å². The van der Waals surface area contributed by atoms with Crippen LogP contribution in [0.4, 0.5) is 13.2 Å². The Hall–Kier alpha value is -3.29. The first-order chi connectivity index (χ1) is 12.7. The van der Waals surface area contributed by atoms with Crippen molar-refractivity contribution >= 4 is 18.0 Å². The van der Waals surface area contributed by atoms with Gasteiger partial charge in [-0.2, -0.15) is 13.2 Å². The van der Waals surface area contributed by atoms with E-state index in [0.29, 0.717) is 0 Å². The van der Waals surface area contributed by atoms with Gasteiger partial charge in [0.1, 0.15) is 0 Å². The monoisotopic (exact) mass is 380 g/mol. The number of rotatable bonds is 5. The van der Waals surface area contributed by atoms with E-state index in [1.807, 2.05) is 0 Å². The normalized spacial score (nSPS) is 11.3. The molecule has 0 saturated heterocycles. The molecular weight excluding hydrogens is 365 g/mol. The van der Waals surface area contributed by atoms with Gasteiger partial charge in [0.15, 0.2) is 11.5 Å². The van der Waals surface area contributed by atoms with E-state index in [4.69, 9.17) is 9.47 Å². The van der Waals surface area contributed by atoms with Crippen LogP contribution in [0.2, 0.25) is 0 Å². The molecule has 2 aromatic rings. The molecule has 0 aromatic heterocycles. The van der Waals surface area contributed by atoms with E-state index in [-0.39, 0.29) is 22.6 Å². The first kappa shape index (κ1) is 20.0. The number of hydrogen-bond donors (Lipinski definition) is 0. The van der Waals surface area contributed by atoms with Gasteiger partial charge in [-0.3, -0.25) is 0 Å². The molecule has 0 amide bonds. The predicted molar refractivity (Wildman–Crippen MR) is 90.4 cm³/mol. The maximum Gasteiger partial charge on any atom is 0.416 e. The van der Waals surface area contributed by atoms with Crippen LogP contribution >= 0.6 is 0 Å². The smallest absolute Gasteiger partial charge is 0.416 e. The van der Waals surface area contributed by atoms with E-state index in [1.165, 1.54) is 50.6 Å². The lowest BCUT2D eigenvalue weighted by atomic mass is 10.1. The third kappa shape index (κ3) is 5.34. The zero-order chi connectivity index (χ0) is 20.0. The molecule has 0 N–H and O–H groups in total. The van der Waals surface area contributed by atoms with Gasteiger partial charge in [0, 0.05) is 6.08 Å². The molecule has 142 valence electrons. The van der Waals surface area contributed by atoms with Gasteiger partial charge >= 0.3 is 18.1 Å². The van der Waals surface area contributed by atoms with E-state index < -0.39 is 23.7 Å². The number of methoxy groups -OCH3 is 2. The van der Waals surface area contributed by atoms with Crippen LogP contribution in [0.3, 0.4) is 0 Å². The lowest BCUT2D eigenvalue weighted by Gasteiger charge is -2.09. The second kappa shape index (κ2) is 8.39. The van der Waals surface area contributed by atoms with Gasteiger partial charge in [0.05, 0.1) is 25.3 Å². The van der Waals surface area contributed by atoms with Gasteiger partial charge in [0.2, 0.25) is 0 Å². The molecule has 0 spiro atoms. The third-order valence-electron chi connectivity index (χ3n) is 3.42. The molecule has 0 bridgehead atoms. The Balaban J connectivity index is 2.14. The molecule has 0 saturated carbocycles. The number of alkyl halides is 3. The van der Waals surface area contributed by atoms with Crippen molar-refractivity contribution in [2.24, 2.45) is 0 Å². The van der Waals surface area contributed by atoms with Crippen molar-refractivity contribution in [2.75, 3.05) is 14.2 Å². The summed E-state index contributed by atoms with van der Waals surface area (Å²) in [5.74, 6) is -1.24. The number of halogens is 3. The molecule has 8 heteroatoms. The molecule has 0 fully saturated rings. The molecule has 0 aliphatic carbocycles. The third-order valence-corrected chi connectivity index (χ3v) is 3.42. The highest BCUT2D eigenvalue weighted by atomic mass is 19.4. The minimum Gasteiger partial charge on any atom is -0.493 e. The lowest BCUT2D eigenvalue weighted by molar-refractivity contribution is -0.137. The van der Waals surface area contributed by atoms with E-state index >= 15 is 0 Å². The molecular formula is C19H15F3O5. The van der Waals surface area contributed by atoms with Crippen LogP contribution in [0.1, 0.15) is 21.5 Å². The molecule has 0 heterocycles. The standard InChI is InChI=1S/C19H15F3O5/c1-25-16-11-13(18(24)26-2)7-8-15(16)27-17(23)9-6-12-4-3-5-14(10-12)19(20,21)22/h3-11H,1-2H3/b9-6+. The van der Waals surface area contributed by atoms with Crippen LogP contribution in [-0.4, -0.2) is 26.2 Å². The summed E-state index contributed by atoms with van der Waals surface area (Å²) in [7, 11) is 2.55. The number of ether oxygens (including phenoxy) is 3. The minimum absolute atomic E-state index is 0.0452. The van der Waals surface area contributed by atoms with Gasteiger partial charge in [-0.05, 0) is 42.0 Å². The summed E-state index contributed by atoms with van der Waals surface area (Å²) in [6, 6.07) is 8.58. The van der Waals surface area contributed by atoms with Crippen LogP contribution in [0.5, 0.6) is 11.5 Å². The number of esters is 2. The molecule has 0 unspecified atom stereocenters.